The normalized spacial score (nSPS) is 10.2. The van der Waals surface area contributed by atoms with E-state index >= 15 is 0 Å². The van der Waals surface area contributed by atoms with Gasteiger partial charge in [0.05, 0.1) is 11.9 Å². The van der Waals surface area contributed by atoms with Gasteiger partial charge in [-0.1, -0.05) is 36.4 Å². The van der Waals surface area contributed by atoms with Gasteiger partial charge < -0.3 is 20.7 Å². The molecule has 128 valence electrons. The quantitative estimate of drug-likeness (QED) is 0.553. The van der Waals surface area contributed by atoms with Crippen LogP contribution in [0.25, 0.3) is 11.3 Å². The Morgan fingerprint density at radius 3 is 2.68 bits per heavy atom. The van der Waals surface area contributed by atoms with Gasteiger partial charge in [-0.2, -0.15) is 0 Å². The number of carbonyl (C=O) groups is 2. The van der Waals surface area contributed by atoms with E-state index < -0.39 is 18.4 Å². The average Bonchev–Trinajstić information content (AvgIpc) is 3.09. The number of H-pyrrole nitrogens is 1. The molecule has 0 aliphatic heterocycles. The lowest BCUT2D eigenvalue weighted by atomic mass is 10.2. The van der Waals surface area contributed by atoms with Crippen LogP contribution in [0.15, 0.2) is 60.8 Å². The Balaban J connectivity index is 0.00000243. The summed E-state index contributed by atoms with van der Waals surface area (Å²) in [5.74, 6) is -0.996. The third-order valence-electron chi connectivity index (χ3n) is 3.45. The number of carboxylic acids is 1. The van der Waals surface area contributed by atoms with Crippen molar-refractivity contribution in [3.63, 3.8) is 0 Å². The first-order valence-electron chi connectivity index (χ1n) is 7.59. The smallest absolute Gasteiger partial charge is 0.322 e. The number of aromatic amines is 1. The molecule has 0 saturated carbocycles. The van der Waals surface area contributed by atoms with Gasteiger partial charge in [-0.05, 0) is 23.8 Å². The van der Waals surface area contributed by atoms with Crippen LogP contribution >= 0.6 is 0 Å². The molecular weight excluding hydrogens is 320 g/mol. The summed E-state index contributed by atoms with van der Waals surface area (Å²) in [6.07, 6.45) is 1.72. The van der Waals surface area contributed by atoms with Crippen molar-refractivity contribution in [2.75, 3.05) is 11.9 Å². The van der Waals surface area contributed by atoms with Crippen LogP contribution in [0.5, 0.6) is 0 Å². The Kier molecular flexibility index (Phi) is 4.75. The molecule has 0 fully saturated rings. The number of hydrogen-bond acceptors (Lipinski definition) is 4. The zero-order valence-electron chi connectivity index (χ0n) is 13.2. The van der Waals surface area contributed by atoms with E-state index in [0.717, 1.165) is 11.3 Å². The third-order valence-corrected chi connectivity index (χ3v) is 3.45. The van der Waals surface area contributed by atoms with Gasteiger partial charge in [0, 0.05) is 12.7 Å². The lowest BCUT2D eigenvalue weighted by Crippen LogP contribution is -2.29. The van der Waals surface area contributed by atoms with Gasteiger partial charge in [-0.15, -0.1) is 0 Å². The van der Waals surface area contributed by atoms with E-state index in [1.807, 2.05) is 30.3 Å². The molecule has 0 aliphatic carbocycles. The Hall–Kier alpha value is -3.61. The van der Waals surface area contributed by atoms with Gasteiger partial charge in [0.15, 0.2) is 0 Å². The van der Waals surface area contributed by atoms with Gasteiger partial charge in [-0.3, -0.25) is 9.59 Å². The van der Waals surface area contributed by atoms with Gasteiger partial charge >= 0.3 is 5.97 Å². The minimum Gasteiger partial charge on any atom is -0.480 e. The Labute approximate surface area is 145 Å². The first-order chi connectivity index (χ1) is 12.1. The summed E-state index contributed by atoms with van der Waals surface area (Å²) in [5.41, 5.74) is 2.92. The fourth-order valence-corrected chi connectivity index (χ4v) is 2.28. The van der Waals surface area contributed by atoms with E-state index in [1.54, 1.807) is 30.5 Å². The first kappa shape index (κ1) is 16.3. The minimum atomic E-state index is -1.09. The van der Waals surface area contributed by atoms with E-state index in [4.69, 9.17) is 5.11 Å². The van der Waals surface area contributed by atoms with Gasteiger partial charge in [0.25, 0.3) is 5.91 Å². The molecule has 2 aromatic carbocycles. The Bertz CT molecular complexity index is 896. The van der Waals surface area contributed by atoms with Crippen molar-refractivity contribution >= 4 is 23.5 Å². The molecule has 0 unspecified atom stereocenters. The molecule has 3 aromatic rings. The molecule has 0 radical (unpaired) electrons. The van der Waals surface area contributed by atoms with Crippen molar-refractivity contribution in [2.24, 2.45) is 0 Å². The largest absolute Gasteiger partial charge is 0.480 e. The van der Waals surface area contributed by atoms with E-state index in [2.05, 4.69) is 20.6 Å². The van der Waals surface area contributed by atoms with E-state index in [-0.39, 0.29) is 1.43 Å². The summed E-state index contributed by atoms with van der Waals surface area (Å²) in [7, 11) is 0. The van der Waals surface area contributed by atoms with Crippen LogP contribution in [-0.4, -0.2) is 33.5 Å². The van der Waals surface area contributed by atoms with Gasteiger partial charge in [0.2, 0.25) is 5.95 Å². The molecule has 25 heavy (non-hydrogen) atoms. The second-order valence-corrected chi connectivity index (χ2v) is 5.29. The van der Waals surface area contributed by atoms with Crippen molar-refractivity contribution in [1.29, 1.82) is 0 Å². The number of rotatable bonds is 6. The summed E-state index contributed by atoms with van der Waals surface area (Å²) >= 11 is 0. The van der Waals surface area contributed by atoms with Crippen molar-refractivity contribution in [1.82, 2.24) is 15.3 Å². The zero-order chi connectivity index (χ0) is 17.6. The number of hydrogen-bond donors (Lipinski definition) is 4. The highest BCUT2D eigenvalue weighted by Gasteiger charge is 2.09. The zero-order valence-corrected chi connectivity index (χ0v) is 13.2. The SMILES string of the molecule is O=C(O)CNC(=O)c1cccc(Nc2ncc(-c3ccccc3)[nH]2)c1.[HH]. The molecule has 1 amide bonds. The summed E-state index contributed by atoms with van der Waals surface area (Å²) in [6, 6.07) is 16.5. The summed E-state index contributed by atoms with van der Waals surface area (Å²) in [4.78, 5) is 29.9. The van der Waals surface area contributed by atoms with Crippen molar-refractivity contribution in [2.45, 2.75) is 0 Å². The number of aliphatic carboxylic acids is 1. The lowest BCUT2D eigenvalue weighted by Gasteiger charge is -2.06. The Morgan fingerprint density at radius 2 is 1.92 bits per heavy atom. The molecule has 0 spiro atoms. The van der Waals surface area contributed by atoms with Gasteiger partial charge in [0.1, 0.15) is 6.54 Å². The van der Waals surface area contributed by atoms with Crippen molar-refractivity contribution in [3.05, 3.63) is 66.4 Å². The lowest BCUT2D eigenvalue weighted by molar-refractivity contribution is -0.135. The number of imidazole rings is 1. The minimum absolute atomic E-state index is 0. The van der Waals surface area contributed by atoms with Crippen LogP contribution in [0.2, 0.25) is 0 Å². The molecule has 3 rings (SSSR count). The predicted molar refractivity (Wildman–Crippen MR) is 95.8 cm³/mol. The highest BCUT2D eigenvalue weighted by Crippen LogP contribution is 2.20. The highest BCUT2D eigenvalue weighted by molar-refractivity contribution is 5.96. The maximum absolute atomic E-state index is 11.9. The molecule has 7 heteroatoms. The average molecular weight is 338 g/mol. The second-order valence-electron chi connectivity index (χ2n) is 5.29. The number of nitrogens with zero attached hydrogens (tertiary/aromatic N) is 1. The van der Waals surface area contributed by atoms with Crippen LogP contribution < -0.4 is 10.6 Å². The standard InChI is InChI=1S/C18H16N4O3.H2/c23-16(24)11-19-17(25)13-7-4-8-14(9-13)21-18-20-10-15(22-18)12-5-2-1-3-6-12;/h1-10H,11H2,(H,19,25)(H,23,24)(H2,20,21,22);1H. The molecule has 0 saturated heterocycles. The Morgan fingerprint density at radius 1 is 1.12 bits per heavy atom. The molecule has 0 atom stereocenters. The van der Waals surface area contributed by atoms with Crippen molar-refractivity contribution < 1.29 is 16.1 Å². The van der Waals surface area contributed by atoms with Crippen LogP contribution in [0.1, 0.15) is 11.8 Å². The number of carbonyl (C=O) groups excluding carboxylic acids is 1. The van der Waals surface area contributed by atoms with E-state index in [9.17, 15) is 9.59 Å². The maximum atomic E-state index is 11.9. The topological polar surface area (TPSA) is 107 Å². The number of nitrogens with one attached hydrogen (secondary N) is 3. The number of amides is 1. The van der Waals surface area contributed by atoms with Crippen LogP contribution in [0, 0.1) is 0 Å². The molecule has 0 aliphatic rings. The number of carboxylic acid groups (broad SMARTS) is 1. The predicted octanol–water partition coefficient (Wildman–Crippen LogP) is 2.88. The highest BCUT2D eigenvalue weighted by atomic mass is 16.4. The fourth-order valence-electron chi connectivity index (χ4n) is 2.28. The summed E-state index contributed by atoms with van der Waals surface area (Å²) in [6.45, 7) is -0.422. The van der Waals surface area contributed by atoms with Crippen LogP contribution in [0.4, 0.5) is 11.6 Å². The second kappa shape index (κ2) is 7.31. The van der Waals surface area contributed by atoms with Crippen molar-refractivity contribution in [3.8, 4) is 11.3 Å². The molecular formula is C18H18N4O3. The first-order valence-corrected chi connectivity index (χ1v) is 7.59. The monoisotopic (exact) mass is 338 g/mol. The van der Waals surface area contributed by atoms with Gasteiger partial charge in [-0.25, -0.2) is 4.98 Å². The van der Waals surface area contributed by atoms with E-state index in [0.29, 0.717) is 17.2 Å². The van der Waals surface area contributed by atoms with E-state index in [1.165, 1.54) is 0 Å². The van der Waals surface area contributed by atoms with Crippen LogP contribution in [0.3, 0.4) is 0 Å². The molecule has 1 heterocycles. The molecule has 1 aromatic heterocycles. The summed E-state index contributed by atoms with van der Waals surface area (Å²) in [5, 5.41) is 14.0. The third kappa shape index (κ3) is 4.23. The van der Waals surface area contributed by atoms with Crippen LogP contribution in [-0.2, 0) is 4.79 Å². The number of anilines is 2. The molecule has 7 nitrogen and oxygen atoms in total. The molecule has 0 bridgehead atoms. The molecule has 4 N–H and O–H groups in total. The number of aromatic nitrogens is 2. The summed E-state index contributed by atoms with van der Waals surface area (Å²) < 4.78 is 0. The maximum Gasteiger partial charge on any atom is 0.322 e. The fraction of sp³-hybridized carbons (Fsp3) is 0.0556. The number of benzene rings is 2.